The molecule has 1 unspecified atom stereocenters. The van der Waals surface area contributed by atoms with Gasteiger partial charge in [-0.2, -0.15) is 0 Å². The molecule has 5 heteroatoms. The number of ether oxygens (including phenoxy) is 1. The molecular formula is C27H23NO4. The van der Waals surface area contributed by atoms with Gasteiger partial charge >= 0.3 is 0 Å². The minimum atomic E-state index is -0.502. The Kier molecular flexibility index (Phi) is 5.23. The third kappa shape index (κ3) is 3.46. The van der Waals surface area contributed by atoms with E-state index in [2.05, 4.69) is 0 Å². The summed E-state index contributed by atoms with van der Waals surface area (Å²) in [5.74, 6) is 0.639. The van der Waals surface area contributed by atoms with Gasteiger partial charge in [0.25, 0.3) is 5.91 Å². The lowest BCUT2D eigenvalue weighted by Crippen LogP contribution is -2.31. The fraction of sp³-hybridized carbons (Fsp3) is 0.185. The van der Waals surface area contributed by atoms with Crippen molar-refractivity contribution in [1.29, 1.82) is 0 Å². The number of amides is 1. The first-order chi connectivity index (χ1) is 15.7. The van der Waals surface area contributed by atoms with Crippen molar-refractivity contribution in [2.24, 2.45) is 0 Å². The molecule has 0 fully saturated rings. The van der Waals surface area contributed by atoms with Gasteiger partial charge in [0.05, 0.1) is 23.6 Å². The smallest absolute Gasteiger partial charge is 0.290 e. The van der Waals surface area contributed by atoms with Gasteiger partial charge in [-0.1, -0.05) is 54.6 Å². The normalized spacial score (nSPS) is 15.2. The molecule has 32 heavy (non-hydrogen) atoms. The Hall–Kier alpha value is -3.86. The average molecular weight is 425 g/mol. The van der Waals surface area contributed by atoms with Gasteiger partial charge in [-0.15, -0.1) is 0 Å². The van der Waals surface area contributed by atoms with E-state index < -0.39 is 6.04 Å². The maximum Gasteiger partial charge on any atom is 0.290 e. The van der Waals surface area contributed by atoms with Crippen LogP contribution in [0.15, 0.2) is 88.1 Å². The molecule has 0 spiro atoms. The lowest BCUT2D eigenvalue weighted by molar-refractivity contribution is 0.0730. The maximum atomic E-state index is 13.5. The summed E-state index contributed by atoms with van der Waals surface area (Å²) < 4.78 is 11.5. The van der Waals surface area contributed by atoms with Crippen LogP contribution in [-0.2, 0) is 6.42 Å². The molecule has 5 nitrogen and oxygen atoms in total. The third-order valence-corrected chi connectivity index (χ3v) is 5.86. The Bertz CT molecular complexity index is 1330. The second-order valence-corrected chi connectivity index (χ2v) is 7.81. The quantitative estimate of drug-likeness (QED) is 0.437. The molecule has 1 aromatic heterocycles. The first kappa shape index (κ1) is 20.1. The van der Waals surface area contributed by atoms with Crippen LogP contribution in [0.3, 0.4) is 0 Å². The van der Waals surface area contributed by atoms with Gasteiger partial charge in [0.1, 0.15) is 11.3 Å². The van der Waals surface area contributed by atoms with Crippen LogP contribution in [0.2, 0.25) is 0 Å². The number of nitrogens with zero attached hydrogens (tertiary/aromatic N) is 1. The zero-order valence-corrected chi connectivity index (χ0v) is 17.8. The van der Waals surface area contributed by atoms with Crippen LogP contribution in [-0.4, -0.2) is 24.0 Å². The summed E-state index contributed by atoms with van der Waals surface area (Å²) in [6.07, 6.45) is 0.682. The highest BCUT2D eigenvalue weighted by molar-refractivity contribution is 5.99. The lowest BCUT2D eigenvalue weighted by atomic mass is 9.98. The molecule has 0 bridgehead atoms. The molecule has 2 heterocycles. The predicted molar refractivity (Wildman–Crippen MR) is 123 cm³/mol. The summed E-state index contributed by atoms with van der Waals surface area (Å²) in [5.41, 5.74) is 2.67. The molecule has 5 rings (SSSR count). The van der Waals surface area contributed by atoms with Crippen molar-refractivity contribution in [2.75, 3.05) is 13.2 Å². The average Bonchev–Trinajstić information content (AvgIpc) is 3.11. The van der Waals surface area contributed by atoms with Crippen LogP contribution in [0.1, 0.15) is 40.2 Å². The van der Waals surface area contributed by atoms with Crippen molar-refractivity contribution in [3.63, 3.8) is 0 Å². The number of para-hydroxylation sites is 1. The monoisotopic (exact) mass is 425 g/mol. The highest BCUT2D eigenvalue weighted by Gasteiger charge is 2.42. The van der Waals surface area contributed by atoms with Crippen LogP contribution < -0.4 is 10.2 Å². The molecule has 0 N–H and O–H groups in total. The second-order valence-electron chi connectivity index (χ2n) is 7.81. The predicted octanol–water partition coefficient (Wildman–Crippen LogP) is 4.98. The van der Waals surface area contributed by atoms with E-state index in [1.54, 1.807) is 23.1 Å². The summed E-state index contributed by atoms with van der Waals surface area (Å²) >= 11 is 0. The first-order valence-electron chi connectivity index (χ1n) is 10.8. The van der Waals surface area contributed by atoms with Crippen LogP contribution in [0.25, 0.3) is 11.0 Å². The molecule has 4 aromatic rings. The van der Waals surface area contributed by atoms with Gasteiger partial charge in [-0.05, 0) is 48.7 Å². The molecule has 160 valence electrons. The Morgan fingerprint density at radius 2 is 1.62 bits per heavy atom. The number of carbonyl (C=O) groups is 1. The van der Waals surface area contributed by atoms with Crippen LogP contribution >= 0.6 is 0 Å². The van der Waals surface area contributed by atoms with E-state index in [-0.39, 0.29) is 17.1 Å². The Balaban J connectivity index is 1.61. The van der Waals surface area contributed by atoms with Crippen LogP contribution in [0.5, 0.6) is 5.75 Å². The molecular weight excluding hydrogens is 402 g/mol. The largest absolute Gasteiger partial charge is 0.494 e. The van der Waals surface area contributed by atoms with Gasteiger partial charge in [0, 0.05) is 6.54 Å². The van der Waals surface area contributed by atoms with Crippen molar-refractivity contribution in [1.82, 2.24) is 4.90 Å². The molecule has 0 saturated carbocycles. The van der Waals surface area contributed by atoms with E-state index in [0.29, 0.717) is 36.1 Å². The first-order valence-corrected chi connectivity index (χ1v) is 10.8. The zero-order chi connectivity index (χ0) is 22.1. The minimum Gasteiger partial charge on any atom is -0.494 e. The third-order valence-electron chi connectivity index (χ3n) is 5.86. The zero-order valence-electron chi connectivity index (χ0n) is 17.8. The molecule has 0 aliphatic carbocycles. The Labute approximate surface area is 185 Å². The van der Waals surface area contributed by atoms with Crippen molar-refractivity contribution in [2.45, 2.75) is 19.4 Å². The summed E-state index contributed by atoms with van der Waals surface area (Å²) in [6, 6.07) is 24.2. The summed E-state index contributed by atoms with van der Waals surface area (Å²) in [4.78, 5) is 28.7. The number of hydrogen-bond donors (Lipinski definition) is 0. The summed E-state index contributed by atoms with van der Waals surface area (Å²) in [5, 5.41) is 0.486. The molecule has 1 amide bonds. The van der Waals surface area contributed by atoms with E-state index >= 15 is 0 Å². The fourth-order valence-electron chi connectivity index (χ4n) is 4.35. The molecule has 0 saturated heterocycles. The maximum absolute atomic E-state index is 13.5. The number of fused-ring (bicyclic) bond motifs is 2. The Morgan fingerprint density at radius 3 is 2.38 bits per heavy atom. The van der Waals surface area contributed by atoms with Gasteiger partial charge in [-0.3, -0.25) is 9.59 Å². The van der Waals surface area contributed by atoms with Gasteiger partial charge in [0.2, 0.25) is 5.76 Å². The van der Waals surface area contributed by atoms with E-state index in [9.17, 15) is 9.59 Å². The van der Waals surface area contributed by atoms with Gasteiger partial charge < -0.3 is 14.1 Å². The molecule has 1 aliphatic heterocycles. The number of rotatable bonds is 6. The molecule has 0 radical (unpaired) electrons. The highest BCUT2D eigenvalue weighted by Crippen LogP contribution is 2.38. The van der Waals surface area contributed by atoms with E-state index in [0.717, 1.165) is 16.9 Å². The number of carbonyl (C=O) groups excluding carboxylic acids is 1. The van der Waals surface area contributed by atoms with Crippen molar-refractivity contribution in [3.05, 3.63) is 112 Å². The van der Waals surface area contributed by atoms with E-state index in [1.165, 1.54) is 0 Å². The molecule has 1 atom stereocenters. The van der Waals surface area contributed by atoms with E-state index in [4.69, 9.17) is 9.15 Å². The number of hydrogen-bond acceptors (Lipinski definition) is 4. The Morgan fingerprint density at radius 1 is 0.906 bits per heavy atom. The minimum absolute atomic E-state index is 0.139. The van der Waals surface area contributed by atoms with Crippen molar-refractivity contribution >= 4 is 16.9 Å². The van der Waals surface area contributed by atoms with Gasteiger partial charge in [0.15, 0.2) is 5.43 Å². The topological polar surface area (TPSA) is 59.8 Å². The van der Waals surface area contributed by atoms with E-state index in [1.807, 2.05) is 67.6 Å². The van der Waals surface area contributed by atoms with Crippen LogP contribution in [0.4, 0.5) is 0 Å². The summed E-state index contributed by atoms with van der Waals surface area (Å²) in [7, 11) is 0. The van der Waals surface area contributed by atoms with Crippen LogP contribution in [0, 0.1) is 0 Å². The lowest BCUT2D eigenvalue weighted by Gasteiger charge is -2.25. The number of benzene rings is 3. The van der Waals surface area contributed by atoms with Crippen molar-refractivity contribution in [3.8, 4) is 5.75 Å². The molecule has 1 aliphatic rings. The second kappa shape index (κ2) is 8.35. The highest BCUT2D eigenvalue weighted by atomic mass is 16.5. The standard InChI is InChI=1S/C27H23NO4/c1-2-31-20-14-12-19(13-15-20)24-23-25(29)21-10-6-7-11-22(21)32-26(23)27(30)28(24)17-16-18-8-4-3-5-9-18/h3-15,24H,2,16-17H2,1H3. The fourth-order valence-corrected chi connectivity index (χ4v) is 4.35. The SMILES string of the molecule is CCOc1ccc(C2c3c(oc4ccccc4c3=O)C(=O)N2CCc2ccccc2)cc1. The van der Waals surface area contributed by atoms with Gasteiger partial charge in [-0.25, -0.2) is 0 Å². The summed E-state index contributed by atoms with van der Waals surface area (Å²) in [6.45, 7) is 2.98. The molecule has 3 aromatic carbocycles. The van der Waals surface area contributed by atoms with Crippen molar-refractivity contribution < 1.29 is 13.9 Å².